The molecular weight excluding hydrogens is 715 g/mol. The minimum atomic E-state index is -4.19. The van der Waals surface area contributed by atoms with Crippen LogP contribution in [0.5, 0.6) is 5.75 Å². The van der Waals surface area contributed by atoms with E-state index in [1.54, 1.807) is 25.2 Å². The van der Waals surface area contributed by atoms with Crippen molar-refractivity contribution in [1.82, 2.24) is 9.62 Å². The first-order valence-electron chi connectivity index (χ1n) is 18.3. The van der Waals surface area contributed by atoms with Gasteiger partial charge in [-0.05, 0) is 53.6 Å². The number of rotatable bonds is 23. The molecule has 3 atom stereocenters. The maximum atomic E-state index is 14.9. The van der Waals surface area contributed by atoms with Crippen molar-refractivity contribution in [2.24, 2.45) is 11.3 Å². The summed E-state index contributed by atoms with van der Waals surface area (Å²) in [7, 11) is -5.11. The first-order valence-corrected chi connectivity index (χ1v) is 27.2. The monoisotopic (exact) mass is 781 g/mol. The predicted octanol–water partition coefficient (Wildman–Crippen LogP) is 8.06. The van der Waals surface area contributed by atoms with Crippen LogP contribution in [-0.4, -0.2) is 98.7 Å². The molecule has 296 valence electrons. The Labute approximate surface area is 316 Å². The second kappa shape index (κ2) is 20.3. The number of nitrogens with one attached hydrogen (secondary N) is 2. The predicted molar refractivity (Wildman–Crippen MR) is 217 cm³/mol. The number of anilines is 1. The molecule has 11 nitrogen and oxygen atoms in total. The number of ether oxygens (including phenoxy) is 4. The molecule has 0 bridgehead atoms. The summed E-state index contributed by atoms with van der Waals surface area (Å²) in [6.07, 6.45) is -1.86. The van der Waals surface area contributed by atoms with Crippen LogP contribution in [-0.2, 0) is 30.7 Å². The molecule has 0 aliphatic carbocycles. The van der Waals surface area contributed by atoms with E-state index in [4.69, 9.17) is 18.9 Å². The highest BCUT2D eigenvalue weighted by molar-refractivity contribution is 7.89. The molecule has 0 aliphatic rings. The standard InChI is InChI=1S/C38H67N3O8SSi2/c1-29(2)26-41(50(44,45)31-18-19-34(32(25-31)39-6)48-27-46-20-22-51(7,8)9)36(38(3,4)5)35(49-28-47-21-23-52(10,11)12)33(40-37(42)43)24-30-16-14-13-15-17-30/h13-19,25,29,33,35-36,39-40H,20-24,26-28H2,1-12H3,(H,42,43)/t33-,35+,36?/m0/s1. The zero-order valence-corrected chi connectivity index (χ0v) is 36.6. The van der Waals surface area contributed by atoms with Crippen molar-refractivity contribution in [2.45, 2.75) is 115 Å². The van der Waals surface area contributed by atoms with Gasteiger partial charge in [-0.25, -0.2) is 13.2 Å². The van der Waals surface area contributed by atoms with E-state index < -0.39 is 55.9 Å². The Morgan fingerprint density at radius 3 is 1.98 bits per heavy atom. The fraction of sp³-hybridized carbons (Fsp3) is 0.658. The Kier molecular flexibility index (Phi) is 17.8. The normalized spacial score (nSPS) is 14.7. The molecule has 0 fully saturated rings. The molecule has 1 amide bonds. The van der Waals surface area contributed by atoms with Gasteiger partial charge in [-0.1, -0.05) is 104 Å². The molecule has 0 heterocycles. The van der Waals surface area contributed by atoms with Crippen LogP contribution in [0.2, 0.25) is 51.4 Å². The molecule has 3 N–H and O–H groups in total. The first-order chi connectivity index (χ1) is 24.0. The van der Waals surface area contributed by atoms with Crippen molar-refractivity contribution in [3.8, 4) is 5.75 Å². The molecule has 0 aliphatic heterocycles. The molecular formula is C38H67N3O8SSi2. The molecule has 0 aromatic heterocycles. The second-order valence-electron chi connectivity index (χ2n) is 17.4. The Bertz CT molecular complexity index is 1480. The molecule has 2 rings (SSSR count). The van der Waals surface area contributed by atoms with Crippen molar-refractivity contribution < 1.29 is 37.3 Å². The number of amides is 1. The molecule has 2 aromatic carbocycles. The van der Waals surface area contributed by atoms with Gasteiger partial charge in [-0.3, -0.25) is 0 Å². The van der Waals surface area contributed by atoms with Gasteiger partial charge in [0.2, 0.25) is 10.0 Å². The van der Waals surface area contributed by atoms with Crippen LogP contribution in [0.25, 0.3) is 0 Å². The highest BCUT2D eigenvalue weighted by Gasteiger charge is 2.47. The fourth-order valence-corrected chi connectivity index (χ4v) is 9.27. The second-order valence-corrected chi connectivity index (χ2v) is 30.5. The third-order valence-electron chi connectivity index (χ3n) is 8.52. The highest BCUT2D eigenvalue weighted by Crippen LogP contribution is 2.37. The molecule has 2 aromatic rings. The van der Waals surface area contributed by atoms with E-state index in [0.717, 1.165) is 17.7 Å². The summed E-state index contributed by atoms with van der Waals surface area (Å²) < 4.78 is 55.6. The summed E-state index contributed by atoms with van der Waals surface area (Å²) in [5.74, 6) is 0.412. The van der Waals surface area contributed by atoms with E-state index in [2.05, 4.69) is 49.9 Å². The highest BCUT2D eigenvalue weighted by atomic mass is 32.2. The van der Waals surface area contributed by atoms with E-state index >= 15 is 0 Å². The van der Waals surface area contributed by atoms with Crippen molar-refractivity contribution in [3.63, 3.8) is 0 Å². The van der Waals surface area contributed by atoms with E-state index in [0.29, 0.717) is 24.7 Å². The maximum Gasteiger partial charge on any atom is 0.404 e. The van der Waals surface area contributed by atoms with Gasteiger partial charge in [0, 0.05) is 43.0 Å². The lowest BCUT2D eigenvalue weighted by Crippen LogP contribution is -2.62. The van der Waals surface area contributed by atoms with E-state index in [1.165, 1.54) is 4.31 Å². The van der Waals surface area contributed by atoms with Crippen molar-refractivity contribution in [3.05, 3.63) is 54.1 Å². The van der Waals surface area contributed by atoms with Gasteiger partial charge >= 0.3 is 6.09 Å². The summed E-state index contributed by atoms with van der Waals surface area (Å²) in [6, 6.07) is 14.6. The summed E-state index contributed by atoms with van der Waals surface area (Å²) in [5, 5.41) is 15.9. The lowest BCUT2D eigenvalue weighted by molar-refractivity contribution is -0.128. The third-order valence-corrected chi connectivity index (χ3v) is 13.8. The average molecular weight is 782 g/mol. The molecule has 0 spiro atoms. The number of benzene rings is 2. The zero-order chi connectivity index (χ0) is 39.3. The van der Waals surface area contributed by atoms with Gasteiger partial charge in [-0.2, -0.15) is 4.31 Å². The molecule has 0 saturated heterocycles. The molecule has 52 heavy (non-hydrogen) atoms. The summed E-state index contributed by atoms with van der Waals surface area (Å²) in [4.78, 5) is 12.4. The van der Waals surface area contributed by atoms with Gasteiger partial charge < -0.3 is 34.7 Å². The topological polar surface area (TPSA) is 136 Å². The van der Waals surface area contributed by atoms with Crippen LogP contribution in [0.1, 0.15) is 40.2 Å². The van der Waals surface area contributed by atoms with Crippen molar-refractivity contribution in [1.29, 1.82) is 0 Å². The number of nitrogens with zero attached hydrogens (tertiary/aromatic N) is 1. The summed E-state index contributed by atoms with van der Waals surface area (Å²) in [6.45, 7) is 24.7. The van der Waals surface area contributed by atoms with Gasteiger partial charge in [0.05, 0.1) is 28.8 Å². The van der Waals surface area contributed by atoms with Crippen LogP contribution < -0.4 is 15.4 Å². The van der Waals surface area contributed by atoms with Crippen LogP contribution in [0.4, 0.5) is 10.5 Å². The van der Waals surface area contributed by atoms with Crippen molar-refractivity contribution >= 4 is 38.0 Å². The Balaban J connectivity index is 2.63. The minimum Gasteiger partial charge on any atom is -0.465 e. The Hall–Kier alpha value is -2.47. The SMILES string of the molecule is CNc1cc(S(=O)(=O)N(CC(C)C)C([C@H](OCOCC[Si](C)(C)C)[C@H](Cc2ccccc2)NC(=O)O)C(C)(C)C)ccc1OCOCC[Si](C)(C)C. The van der Waals surface area contributed by atoms with E-state index in [9.17, 15) is 18.3 Å². The molecule has 0 saturated carbocycles. The fourth-order valence-electron chi connectivity index (χ4n) is 5.75. The Morgan fingerprint density at radius 1 is 0.904 bits per heavy atom. The molecule has 1 unspecified atom stereocenters. The number of hydrogen-bond donors (Lipinski definition) is 3. The largest absolute Gasteiger partial charge is 0.465 e. The first kappa shape index (κ1) is 45.7. The lowest BCUT2D eigenvalue weighted by atomic mass is 9.79. The minimum absolute atomic E-state index is 0.0508. The summed E-state index contributed by atoms with van der Waals surface area (Å²) >= 11 is 0. The molecule has 14 heteroatoms. The molecule has 0 radical (unpaired) electrons. The van der Waals surface area contributed by atoms with E-state index in [1.807, 2.05) is 65.0 Å². The smallest absolute Gasteiger partial charge is 0.404 e. The number of carbonyl (C=O) groups is 1. The van der Waals surface area contributed by atoms with Gasteiger partial charge in [0.1, 0.15) is 12.5 Å². The Morgan fingerprint density at radius 2 is 1.48 bits per heavy atom. The lowest BCUT2D eigenvalue weighted by Gasteiger charge is -2.46. The maximum absolute atomic E-state index is 14.9. The van der Waals surface area contributed by atoms with Crippen LogP contribution in [0.15, 0.2) is 53.4 Å². The number of sulfonamides is 1. The van der Waals surface area contributed by atoms with E-state index in [-0.39, 0.29) is 37.4 Å². The quantitative estimate of drug-likeness (QED) is 0.0582. The van der Waals surface area contributed by atoms with Crippen LogP contribution in [0.3, 0.4) is 0 Å². The van der Waals surface area contributed by atoms with Gasteiger partial charge in [-0.15, -0.1) is 0 Å². The number of carboxylic acid groups (broad SMARTS) is 1. The number of hydrogen-bond acceptors (Lipinski definition) is 8. The van der Waals surface area contributed by atoms with Crippen LogP contribution in [0, 0.1) is 11.3 Å². The van der Waals surface area contributed by atoms with Crippen LogP contribution >= 0.6 is 0 Å². The van der Waals surface area contributed by atoms with Crippen molar-refractivity contribution in [2.75, 3.05) is 45.7 Å². The zero-order valence-electron chi connectivity index (χ0n) is 33.7. The summed E-state index contributed by atoms with van der Waals surface area (Å²) in [5.41, 5.74) is 0.686. The average Bonchev–Trinajstić information content (AvgIpc) is 3.01. The van der Waals surface area contributed by atoms with Gasteiger partial charge in [0.15, 0.2) is 6.79 Å². The third kappa shape index (κ3) is 15.9. The van der Waals surface area contributed by atoms with Gasteiger partial charge in [0.25, 0.3) is 0 Å².